The number of aliphatic hydroxyl groups is 2. The predicted molar refractivity (Wildman–Crippen MR) is 68.7 cm³/mol. The van der Waals surface area contributed by atoms with Crippen LogP contribution in [0.1, 0.15) is 22.7 Å². The lowest BCUT2D eigenvalue weighted by Gasteiger charge is -2.26. The fourth-order valence-corrected chi connectivity index (χ4v) is 2.48. The van der Waals surface area contributed by atoms with Crippen molar-refractivity contribution in [2.75, 3.05) is 33.7 Å². The van der Waals surface area contributed by atoms with Gasteiger partial charge in [0.05, 0.1) is 12.1 Å². The lowest BCUT2D eigenvalue weighted by molar-refractivity contribution is 0.0230. The molecular formula is C13H20N2O4. The molecule has 0 bridgehead atoms. The molecule has 0 saturated carbocycles. The summed E-state index contributed by atoms with van der Waals surface area (Å²) in [5.74, 6) is 0.332. The van der Waals surface area contributed by atoms with E-state index < -0.39 is 5.60 Å². The van der Waals surface area contributed by atoms with Crippen molar-refractivity contribution in [3.8, 4) is 0 Å². The van der Waals surface area contributed by atoms with Gasteiger partial charge < -0.3 is 24.4 Å². The number of likely N-dealkylation sites (N-methyl/N-ethyl adjacent to an activating group) is 1. The first-order valence-corrected chi connectivity index (χ1v) is 6.29. The van der Waals surface area contributed by atoms with Crippen molar-refractivity contribution in [1.29, 1.82) is 0 Å². The third kappa shape index (κ3) is 3.15. The van der Waals surface area contributed by atoms with E-state index in [-0.39, 0.29) is 18.3 Å². The highest BCUT2D eigenvalue weighted by molar-refractivity contribution is 5.91. The molecule has 6 nitrogen and oxygen atoms in total. The van der Waals surface area contributed by atoms with Gasteiger partial charge in [-0.25, -0.2) is 0 Å². The van der Waals surface area contributed by atoms with Crippen LogP contribution < -0.4 is 0 Å². The first kappa shape index (κ1) is 14.0. The van der Waals surface area contributed by atoms with Crippen LogP contribution in [0.25, 0.3) is 0 Å². The quantitative estimate of drug-likeness (QED) is 0.798. The van der Waals surface area contributed by atoms with Gasteiger partial charge in [-0.3, -0.25) is 4.79 Å². The third-order valence-corrected chi connectivity index (χ3v) is 3.26. The first-order valence-electron chi connectivity index (χ1n) is 6.29. The van der Waals surface area contributed by atoms with Crippen molar-refractivity contribution in [2.45, 2.75) is 18.6 Å². The molecule has 0 unspecified atom stereocenters. The largest absolute Gasteiger partial charge is 0.453 e. The number of carbonyl (C=O) groups is 1. The minimum absolute atomic E-state index is 0.207. The Bertz CT molecular complexity index is 457. The Morgan fingerprint density at radius 2 is 2.26 bits per heavy atom. The summed E-state index contributed by atoms with van der Waals surface area (Å²) in [6.45, 7) is 1.12. The van der Waals surface area contributed by atoms with Crippen molar-refractivity contribution in [2.24, 2.45) is 0 Å². The monoisotopic (exact) mass is 268 g/mol. The number of furan rings is 1. The number of nitrogens with zero attached hydrogens (tertiary/aromatic N) is 2. The van der Waals surface area contributed by atoms with Gasteiger partial charge in [0.15, 0.2) is 5.76 Å². The smallest absolute Gasteiger partial charge is 0.289 e. The fraction of sp³-hybridized carbons (Fsp3) is 0.615. The molecular weight excluding hydrogens is 248 g/mol. The lowest BCUT2D eigenvalue weighted by atomic mass is 10.0. The van der Waals surface area contributed by atoms with Gasteiger partial charge in [-0.15, -0.1) is 0 Å². The zero-order chi connectivity index (χ0) is 14.0. The van der Waals surface area contributed by atoms with Crippen molar-refractivity contribution in [1.82, 2.24) is 9.80 Å². The van der Waals surface area contributed by atoms with Gasteiger partial charge in [0.1, 0.15) is 12.4 Å². The zero-order valence-corrected chi connectivity index (χ0v) is 11.3. The lowest BCUT2D eigenvalue weighted by Crippen LogP contribution is -2.43. The Hall–Kier alpha value is -1.37. The topological polar surface area (TPSA) is 77.2 Å². The number of hydrogen-bond acceptors (Lipinski definition) is 5. The van der Waals surface area contributed by atoms with Crippen LogP contribution in [0, 0.1) is 0 Å². The van der Waals surface area contributed by atoms with Crippen LogP contribution >= 0.6 is 0 Å². The average Bonchev–Trinajstić information content (AvgIpc) is 2.94. The normalized spacial score (nSPS) is 23.3. The molecule has 0 aromatic carbocycles. The second kappa shape index (κ2) is 5.32. The molecule has 2 rings (SSSR count). The summed E-state index contributed by atoms with van der Waals surface area (Å²) < 4.78 is 5.22. The Balaban J connectivity index is 2.02. The molecule has 106 valence electrons. The molecule has 1 aliphatic heterocycles. The van der Waals surface area contributed by atoms with Crippen LogP contribution in [-0.4, -0.2) is 65.3 Å². The summed E-state index contributed by atoms with van der Waals surface area (Å²) >= 11 is 0. The molecule has 2 heterocycles. The van der Waals surface area contributed by atoms with Crippen LogP contribution in [0.15, 0.2) is 16.5 Å². The first-order chi connectivity index (χ1) is 8.93. The molecule has 1 fully saturated rings. The average molecular weight is 268 g/mol. The number of likely N-dealkylation sites (tertiary alicyclic amines) is 1. The third-order valence-electron chi connectivity index (χ3n) is 3.26. The van der Waals surface area contributed by atoms with Gasteiger partial charge >= 0.3 is 0 Å². The van der Waals surface area contributed by atoms with Gasteiger partial charge in [0.25, 0.3) is 5.91 Å². The number of hydrogen-bond donors (Lipinski definition) is 2. The number of amides is 1. The Morgan fingerprint density at radius 1 is 1.53 bits per heavy atom. The molecule has 1 aliphatic rings. The summed E-state index contributed by atoms with van der Waals surface area (Å²) in [6.07, 6.45) is 0.560. The van der Waals surface area contributed by atoms with Crippen LogP contribution in [-0.2, 0) is 6.61 Å². The van der Waals surface area contributed by atoms with E-state index in [2.05, 4.69) is 0 Å². The van der Waals surface area contributed by atoms with E-state index in [0.29, 0.717) is 31.8 Å². The minimum atomic E-state index is -0.856. The van der Waals surface area contributed by atoms with E-state index in [9.17, 15) is 9.90 Å². The van der Waals surface area contributed by atoms with E-state index in [1.54, 1.807) is 17.0 Å². The van der Waals surface area contributed by atoms with Crippen LogP contribution in [0.2, 0.25) is 0 Å². The van der Waals surface area contributed by atoms with Crippen LogP contribution in [0.4, 0.5) is 0 Å². The maximum absolute atomic E-state index is 12.2. The highest BCUT2D eigenvalue weighted by Gasteiger charge is 2.39. The van der Waals surface area contributed by atoms with Gasteiger partial charge in [-0.1, -0.05) is 0 Å². The van der Waals surface area contributed by atoms with Crippen LogP contribution in [0.5, 0.6) is 0 Å². The summed E-state index contributed by atoms with van der Waals surface area (Å²) in [5.41, 5.74) is -0.856. The molecule has 1 saturated heterocycles. The second-order valence-corrected chi connectivity index (χ2v) is 5.36. The highest BCUT2D eigenvalue weighted by Crippen LogP contribution is 2.24. The Morgan fingerprint density at radius 3 is 2.84 bits per heavy atom. The molecule has 2 N–H and O–H groups in total. The van der Waals surface area contributed by atoms with E-state index in [0.717, 1.165) is 0 Å². The number of rotatable bonds is 4. The number of carbonyl (C=O) groups excluding carboxylic acids is 1. The molecule has 1 aromatic heterocycles. The highest BCUT2D eigenvalue weighted by atomic mass is 16.4. The molecule has 0 aliphatic carbocycles. The van der Waals surface area contributed by atoms with Crippen LogP contribution in [0.3, 0.4) is 0 Å². The summed E-state index contributed by atoms with van der Waals surface area (Å²) in [6, 6.07) is 3.13. The molecule has 1 aromatic rings. The van der Waals surface area contributed by atoms with E-state index in [1.165, 1.54) is 0 Å². The van der Waals surface area contributed by atoms with Crippen molar-refractivity contribution in [3.05, 3.63) is 23.7 Å². The molecule has 1 amide bonds. The number of β-amino-alcohol motifs (C(OH)–C–C–N with tert-alkyl or cyclic N) is 1. The van der Waals surface area contributed by atoms with Crippen molar-refractivity contribution >= 4 is 5.91 Å². The number of aliphatic hydroxyl groups excluding tert-OH is 1. The molecule has 6 heteroatoms. The maximum atomic E-state index is 12.2. The zero-order valence-electron chi connectivity index (χ0n) is 11.3. The SMILES string of the molecule is CN(C)C[C@]1(O)CCN(C(=O)c2ccc(CO)o2)C1. The van der Waals surface area contributed by atoms with Gasteiger partial charge in [0, 0.05) is 13.1 Å². The molecule has 19 heavy (non-hydrogen) atoms. The summed E-state index contributed by atoms with van der Waals surface area (Å²) in [7, 11) is 3.78. The molecule has 0 spiro atoms. The maximum Gasteiger partial charge on any atom is 0.289 e. The minimum Gasteiger partial charge on any atom is -0.453 e. The van der Waals surface area contributed by atoms with E-state index in [4.69, 9.17) is 9.52 Å². The summed E-state index contributed by atoms with van der Waals surface area (Å²) in [4.78, 5) is 15.7. The Kier molecular flexibility index (Phi) is 3.93. The standard InChI is InChI=1S/C13H20N2O4/c1-14(2)8-13(18)5-6-15(9-13)12(17)11-4-3-10(7-16)19-11/h3-4,16,18H,5-9H2,1-2H3/t13-/m1/s1. The van der Waals surface area contributed by atoms with Gasteiger partial charge in [-0.2, -0.15) is 0 Å². The predicted octanol–water partition coefficient (Wildman–Crippen LogP) is -0.0895. The molecule has 1 atom stereocenters. The molecule has 0 radical (unpaired) electrons. The van der Waals surface area contributed by atoms with Gasteiger partial charge in [-0.05, 0) is 32.6 Å². The summed E-state index contributed by atoms with van der Waals surface area (Å²) in [5, 5.41) is 19.3. The van der Waals surface area contributed by atoms with E-state index in [1.807, 2.05) is 19.0 Å². The van der Waals surface area contributed by atoms with Crippen molar-refractivity contribution < 1.29 is 19.4 Å². The van der Waals surface area contributed by atoms with E-state index >= 15 is 0 Å². The Labute approximate surface area is 112 Å². The van der Waals surface area contributed by atoms with Gasteiger partial charge in [0.2, 0.25) is 0 Å². The van der Waals surface area contributed by atoms with Crippen molar-refractivity contribution in [3.63, 3.8) is 0 Å². The second-order valence-electron chi connectivity index (χ2n) is 5.36. The fourth-order valence-electron chi connectivity index (χ4n) is 2.48.